The highest BCUT2D eigenvalue weighted by molar-refractivity contribution is 5.16. The lowest BCUT2D eigenvalue weighted by molar-refractivity contribution is 0.154. The van der Waals surface area contributed by atoms with Crippen molar-refractivity contribution in [1.82, 2.24) is 4.57 Å². The normalized spacial score (nSPS) is 16.9. The van der Waals surface area contributed by atoms with Crippen LogP contribution in [0.1, 0.15) is 37.9 Å². The second-order valence-electron chi connectivity index (χ2n) is 4.14. The van der Waals surface area contributed by atoms with Crippen molar-refractivity contribution in [2.75, 3.05) is 0 Å². The number of aliphatic hydroxyl groups is 1. The summed E-state index contributed by atoms with van der Waals surface area (Å²) in [4.78, 5) is 0. The van der Waals surface area contributed by atoms with Crippen molar-refractivity contribution in [1.29, 1.82) is 0 Å². The Morgan fingerprint density at radius 2 is 2.40 bits per heavy atom. The minimum Gasteiger partial charge on any atom is -0.388 e. The lowest BCUT2D eigenvalue weighted by Crippen LogP contribution is -1.98. The maximum Gasteiger partial charge on any atom is 0.0832 e. The van der Waals surface area contributed by atoms with Gasteiger partial charge in [-0.2, -0.15) is 0 Å². The van der Waals surface area contributed by atoms with E-state index in [-0.39, 0.29) is 6.10 Å². The molecule has 0 saturated heterocycles. The lowest BCUT2D eigenvalue weighted by Gasteiger charge is -2.05. The predicted molar refractivity (Wildman–Crippen MR) is 60.2 cm³/mol. The number of aliphatic hydroxyl groups excluding tert-OH is 1. The molecular formula is C13H17NO. The third kappa shape index (κ3) is 2.64. The van der Waals surface area contributed by atoms with Crippen LogP contribution in [0, 0.1) is 17.8 Å². The fraction of sp³-hybridized carbons (Fsp3) is 0.538. The minimum absolute atomic E-state index is 0.247. The van der Waals surface area contributed by atoms with Gasteiger partial charge in [0.05, 0.1) is 6.10 Å². The summed E-state index contributed by atoms with van der Waals surface area (Å²) in [6.45, 7) is 2.77. The Bertz CT molecular complexity index is 379. The molecule has 1 heterocycles. The van der Waals surface area contributed by atoms with Crippen LogP contribution in [0.4, 0.5) is 0 Å². The van der Waals surface area contributed by atoms with E-state index in [4.69, 9.17) is 0 Å². The number of aryl methyl sites for hydroxylation is 1. The summed E-state index contributed by atoms with van der Waals surface area (Å²) >= 11 is 0. The van der Waals surface area contributed by atoms with Crippen LogP contribution in [-0.4, -0.2) is 9.67 Å². The van der Waals surface area contributed by atoms with Gasteiger partial charge in [0.15, 0.2) is 0 Å². The zero-order valence-electron chi connectivity index (χ0n) is 9.11. The third-order valence-electron chi connectivity index (χ3n) is 2.86. The van der Waals surface area contributed by atoms with Crippen LogP contribution in [-0.2, 0) is 6.54 Å². The van der Waals surface area contributed by atoms with Crippen molar-refractivity contribution in [2.45, 2.75) is 38.8 Å². The van der Waals surface area contributed by atoms with E-state index in [9.17, 15) is 5.11 Å². The van der Waals surface area contributed by atoms with Gasteiger partial charge in [0.25, 0.3) is 0 Å². The lowest BCUT2D eigenvalue weighted by atomic mass is 10.1. The number of rotatable bonds is 4. The van der Waals surface area contributed by atoms with Crippen molar-refractivity contribution in [3.63, 3.8) is 0 Å². The molecule has 80 valence electrons. The van der Waals surface area contributed by atoms with Crippen LogP contribution in [0.2, 0.25) is 0 Å². The highest BCUT2D eigenvalue weighted by Gasteiger charge is 2.30. The third-order valence-corrected chi connectivity index (χ3v) is 2.86. The molecule has 1 unspecified atom stereocenters. The van der Waals surface area contributed by atoms with Gasteiger partial charge in [-0.3, -0.25) is 0 Å². The summed E-state index contributed by atoms with van der Waals surface area (Å²) in [6, 6.07) is 2.02. The molecule has 1 atom stereocenters. The molecule has 0 amide bonds. The van der Waals surface area contributed by atoms with E-state index >= 15 is 0 Å². The van der Waals surface area contributed by atoms with Crippen molar-refractivity contribution in [2.24, 2.45) is 5.92 Å². The monoisotopic (exact) mass is 203 g/mol. The fourth-order valence-electron chi connectivity index (χ4n) is 1.77. The molecule has 2 rings (SSSR count). The van der Waals surface area contributed by atoms with Crippen LogP contribution >= 0.6 is 0 Å². The summed E-state index contributed by atoms with van der Waals surface area (Å²) in [5, 5.41) is 9.90. The highest BCUT2D eigenvalue weighted by atomic mass is 16.3. The second-order valence-corrected chi connectivity index (χ2v) is 4.14. The number of nitrogens with zero attached hydrogens (tertiary/aromatic N) is 1. The van der Waals surface area contributed by atoms with Gasteiger partial charge in [0.2, 0.25) is 0 Å². The Kier molecular flexibility index (Phi) is 3.13. The van der Waals surface area contributed by atoms with E-state index in [2.05, 4.69) is 16.4 Å². The first-order valence-electron chi connectivity index (χ1n) is 5.54. The van der Waals surface area contributed by atoms with E-state index in [0.717, 1.165) is 18.5 Å². The summed E-state index contributed by atoms with van der Waals surface area (Å²) in [5.74, 6) is 6.43. The minimum atomic E-state index is -0.247. The predicted octanol–water partition coefficient (Wildman–Crippen LogP) is 2.34. The molecule has 1 aliphatic carbocycles. The second kappa shape index (κ2) is 4.55. The maximum atomic E-state index is 9.90. The largest absolute Gasteiger partial charge is 0.388 e. The van der Waals surface area contributed by atoms with Crippen molar-refractivity contribution >= 4 is 0 Å². The Morgan fingerprint density at radius 3 is 3.07 bits per heavy atom. The molecule has 1 aromatic rings. The molecule has 0 aliphatic heterocycles. The zero-order chi connectivity index (χ0) is 10.7. The molecule has 0 bridgehead atoms. The van der Waals surface area contributed by atoms with Crippen LogP contribution < -0.4 is 0 Å². The molecule has 15 heavy (non-hydrogen) atoms. The van der Waals surface area contributed by atoms with Gasteiger partial charge in [-0.1, -0.05) is 0 Å². The summed E-state index contributed by atoms with van der Waals surface area (Å²) in [6.07, 6.45) is 7.05. The van der Waals surface area contributed by atoms with Crippen LogP contribution in [0.5, 0.6) is 0 Å². The SMILES string of the molecule is CC#CCCn1ccc(C(O)C2CC2)c1. The molecule has 0 spiro atoms. The smallest absolute Gasteiger partial charge is 0.0832 e. The maximum absolute atomic E-state index is 9.90. The number of aromatic nitrogens is 1. The first kappa shape index (κ1) is 10.3. The van der Waals surface area contributed by atoms with Crippen molar-refractivity contribution in [3.8, 4) is 11.8 Å². The Balaban J connectivity index is 1.92. The average molecular weight is 203 g/mol. The fourth-order valence-corrected chi connectivity index (χ4v) is 1.77. The zero-order valence-corrected chi connectivity index (χ0v) is 9.11. The molecular weight excluding hydrogens is 186 g/mol. The molecule has 2 heteroatoms. The first-order valence-corrected chi connectivity index (χ1v) is 5.54. The summed E-state index contributed by atoms with van der Waals surface area (Å²) < 4.78 is 2.10. The van der Waals surface area contributed by atoms with E-state index in [1.165, 1.54) is 12.8 Å². The van der Waals surface area contributed by atoms with Gasteiger partial charge in [0, 0.05) is 25.4 Å². The van der Waals surface area contributed by atoms with E-state index in [1.54, 1.807) is 0 Å². The van der Waals surface area contributed by atoms with Crippen LogP contribution in [0.25, 0.3) is 0 Å². The molecule has 1 saturated carbocycles. The van der Waals surface area contributed by atoms with Gasteiger partial charge in [-0.25, -0.2) is 0 Å². The molecule has 2 nitrogen and oxygen atoms in total. The Labute approximate surface area is 90.9 Å². The van der Waals surface area contributed by atoms with Crippen molar-refractivity contribution in [3.05, 3.63) is 24.0 Å². The van der Waals surface area contributed by atoms with E-state index < -0.39 is 0 Å². The molecule has 1 aromatic heterocycles. The van der Waals surface area contributed by atoms with Gasteiger partial charge in [-0.05, 0) is 37.3 Å². The van der Waals surface area contributed by atoms with E-state index in [0.29, 0.717) is 5.92 Å². The number of hydrogen-bond donors (Lipinski definition) is 1. The molecule has 0 radical (unpaired) electrons. The standard InChI is InChI=1S/C13H17NO/c1-2-3-4-8-14-9-7-12(10-14)13(15)11-5-6-11/h7,9-11,13,15H,4-6,8H2,1H3. The van der Waals surface area contributed by atoms with Gasteiger partial charge in [0.1, 0.15) is 0 Å². The van der Waals surface area contributed by atoms with Gasteiger partial charge >= 0.3 is 0 Å². The Morgan fingerprint density at radius 1 is 1.60 bits per heavy atom. The number of hydrogen-bond acceptors (Lipinski definition) is 1. The summed E-state index contributed by atoms with van der Waals surface area (Å²) in [7, 11) is 0. The quantitative estimate of drug-likeness (QED) is 0.747. The average Bonchev–Trinajstić information content (AvgIpc) is 2.98. The highest BCUT2D eigenvalue weighted by Crippen LogP contribution is 2.40. The van der Waals surface area contributed by atoms with Crippen LogP contribution in [0.3, 0.4) is 0 Å². The topological polar surface area (TPSA) is 25.2 Å². The van der Waals surface area contributed by atoms with E-state index in [1.807, 2.05) is 25.4 Å². The Hall–Kier alpha value is -1.20. The first-order chi connectivity index (χ1) is 7.31. The van der Waals surface area contributed by atoms with Crippen LogP contribution in [0.15, 0.2) is 18.5 Å². The molecule has 1 aliphatic rings. The molecule has 1 N–H and O–H groups in total. The molecule has 0 aromatic carbocycles. The van der Waals surface area contributed by atoms with Gasteiger partial charge in [-0.15, -0.1) is 11.8 Å². The summed E-state index contributed by atoms with van der Waals surface area (Å²) in [5.41, 5.74) is 1.06. The van der Waals surface area contributed by atoms with Crippen molar-refractivity contribution < 1.29 is 5.11 Å². The molecule has 1 fully saturated rings. The van der Waals surface area contributed by atoms with Gasteiger partial charge < -0.3 is 9.67 Å².